The number of ether oxygens (including phenoxy) is 1. The smallest absolute Gasteiger partial charge is 0.137 e. The van der Waals surface area contributed by atoms with Gasteiger partial charge in [-0.25, -0.2) is 4.98 Å². The van der Waals surface area contributed by atoms with E-state index < -0.39 is 0 Å². The van der Waals surface area contributed by atoms with Gasteiger partial charge in [0.05, 0.1) is 6.10 Å². The normalized spacial score (nSPS) is 25.8. The number of aromatic amines is 1. The summed E-state index contributed by atoms with van der Waals surface area (Å²) < 4.78 is 5.35. The zero-order valence-electron chi connectivity index (χ0n) is 9.78. The van der Waals surface area contributed by atoms with Crippen molar-refractivity contribution in [3.8, 4) is 0 Å². The van der Waals surface area contributed by atoms with Crippen LogP contribution in [-0.4, -0.2) is 41.0 Å². The maximum atomic E-state index is 5.35. The Morgan fingerprint density at radius 3 is 2.88 bits per heavy atom. The van der Waals surface area contributed by atoms with Crippen molar-refractivity contribution >= 4 is 0 Å². The Kier molecular flexibility index (Phi) is 4.30. The Bertz CT molecular complexity index is 280. The van der Waals surface area contributed by atoms with Gasteiger partial charge in [-0.3, -0.25) is 5.10 Å². The third kappa shape index (κ3) is 3.28. The average molecular weight is 224 g/mol. The van der Waals surface area contributed by atoms with Gasteiger partial charge in [0.25, 0.3) is 0 Å². The number of methoxy groups -OCH3 is 1. The van der Waals surface area contributed by atoms with Gasteiger partial charge in [0.2, 0.25) is 0 Å². The Hall–Kier alpha value is -0.940. The summed E-state index contributed by atoms with van der Waals surface area (Å²) in [5.74, 6) is 0.957. The first kappa shape index (κ1) is 11.5. The molecule has 0 bridgehead atoms. The van der Waals surface area contributed by atoms with Crippen LogP contribution in [0.5, 0.6) is 0 Å². The van der Waals surface area contributed by atoms with E-state index >= 15 is 0 Å². The van der Waals surface area contributed by atoms with Gasteiger partial charge in [-0.05, 0) is 25.7 Å². The van der Waals surface area contributed by atoms with E-state index in [2.05, 4.69) is 20.5 Å². The second-order valence-corrected chi connectivity index (χ2v) is 4.35. The molecule has 0 atom stereocenters. The lowest BCUT2D eigenvalue weighted by Gasteiger charge is -2.28. The van der Waals surface area contributed by atoms with Crippen LogP contribution in [0.4, 0.5) is 0 Å². The van der Waals surface area contributed by atoms with Crippen LogP contribution >= 0.6 is 0 Å². The van der Waals surface area contributed by atoms with Crippen LogP contribution in [0.15, 0.2) is 6.33 Å². The van der Waals surface area contributed by atoms with Crippen molar-refractivity contribution in [3.63, 3.8) is 0 Å². The van der Waals surface area contributed by atoms with Gasteiger partial charge in [0.15, 0.2) is 0 Å². The fourth-order valence-electron chi connectivity index (χ4n) is 2.25. The van der Waals surface area contributed by atoms with Crippen molar-refractivity contribution in [2.75, 3.05) is 13.7 Å². The van der Waals surface area contributed by atoms with Crippen molar-refractivity contribution < 1.29 is 4.74 Å². The van der Waals surface area contributed by atoms with E-state index in [4.69, 9.17) is 4.74 Å². The first-order valence-electron chi connectivity index (χ1n) is 5.99. The van der Waals surface area contributed by atoms with Crippen LogP contribution in [0, 0.1) is 0 Å². The fraction of sp³-hybridized carbons (Fsp3) is 0.818. The summed E-state index contributed by atoms with van der Waals surface area (Å²) in [7, 11) is 1.81. The van der Waals surface area contributed by atoms with Crippen LogP contribution in [-0.2, 0) is 11.2 Å². The Morgan fingerprint density at radius 2 is 2.25 bits per heavy atom. The molecule has 0 radical (unpaired) electrons. The van der Waals surface area contributed by atoms with Crippen LogP contribution in [0.1, 0.15) is 31.5 Å². The van der Waals surface area contributed by atoms with Gasteiger partial charge >= 0.3 is 0 Å². The van der Waals surface area contributed by atoms with Crippen molar-refractivity contribution in [2.45, 2.75) is 44.2 Å². The van der Waals surface area contributed by atoms with E-state index in [9.17, 15) is 0 Å². The zero-order valence-corrected chi connectivity index (χ0v) is 9.78. The molecular weight excluding hydrogens is 204 g/mol. The number of hydrogen-bond donors (Lipinski definition) is 2. The van der Waals surface area contributed by atoms with Gasteiger partial charge in [-0.2, -0.15) is 5.10 Å². The molecule has 2 rings (SSSR count). The molecule has 1 fully saturated rings. The number of rotatable bonds is 5. The third-order valence-electron chi connectivity index (χ3n) is 3.27. The molecular formula is C11H20N4O. The molecule has 1 aliphatic carbocycles. The summed E-state index contributed by atoms with van der Waals surface area (Å²) in [5, 5.41) is 10.3. The highest BCUT2D eigenvalue weighted by molar-refractivity contribution is 4.83. The molecule has 0 saturated heterocycles. The summed E-state index contributed by atoms with van der Waals surface area (Å²) in [6.45, 7) is 0.970. The minimum Gasteiger partial charge on any atom is -0.381 e. The van der Waals surface area contributed by atoms with Crippen molar-refractivity contribution in [1.82, 2.24) is 20.5 Å². The van der Waals surface area contributed by atoms with Gasteiger partial charge in [0, 0.05) is 26.1 Å². The van der Waals surface area contributed by atoms with Gasteiger partial charge in [-0.15, -0.1) is 0 Å². The second kappa shape index (κ2) is 5.96. The molecule has 5 heteroatoms. The highest BCUT2D eigenvalue weighted by atomic mass is 16.5. The van der Waals surface area contributed by atoms with E-state index in [1.165, 1.54) is 25.7 Å². The Morgan fingerprint density at radius 1 is 1.44 bits per heavy atom. The highest BCUT2D eigenvalue weighted by Gasteiger charge is 2.19. The van der Waals surface area contributed by atoms with E-state index in [1.54, 1.807) is 6.33 Å². The quantitative estimate of drug-likeness (QED) is 0.780. The van der Waals surface area contributed by atoms with Crippen LogP contribution in [0.3, 0.4) is 0 Å². The molecule has 1 aromatic heterocycles. The average Bonchev–Trinajstić information content (AvgIpc) is 2.83. The zero-order chi connectivity index (χ0) is 11.2. The van der Waals surface area contributed by atoms with Gasteiger partial charge in [0.1, 0.15) is 12.2 Å². The lowest BCUT2D eigenvalue weighted by Crippen LogP contribution is -2.36. The number of aromatic nitrogens is 3. The van der Waals surface area contributed by atoms with Gasteiger partial charge < -0.3 is 10.1 Å². The minimum atomic E-state index is 0.479. The minimum absolute atomic E-state index is 0.479. The second-order valence-electron chi connectivity index (χ2n) is 4.35. The van der Waals surface area contributed by atoms with Crippen LogP contribution in [0.2, 0.25) is 0 Å². The molecule has 2 N–H and O–H groups in total. The van der Waals surface area contributed by atoms with Crippen LogP contribution < -0.4 is 5.32 Å². The topological polar surface area (TPSA) is 62.8 Å². The molecule has 0 aromatic carbocycles. The number of H-pyrrole nitrogens is 1. The summed E-state index contributed by atoms with van der Waals surface area (Å²) >= 11 is 0. The van der Waals surface area contributed by atoms with Crippen molar-refractivity contribution in [2.24, 2.45) is 0 Å². The molecule has 90 valence electrons. The van der Waals surface area contributed by atoms with E-state index in [0.717, 1.165) is 18.8 Å². The highest BCUT2D eigenvalue weighted by Crippen LogP contribution is 2.20. The summed E-state index contributed by atoms with van der Waals surface area (Å²) in [4.78, 5) is 4.10. The van der Waals surface area contributed by atoms with Gasteiger partial charge in [-0.1, -0.05) is 0 Å². The molecule has 0 spiro atoms. The number of hydrogen-bond acceptors (Lipinski definition) is 4. The van der Waals surface area contributed by atoms with Crippen molar-refractivity contribution in [3.05, 3.63) is 12.2 Å². The first-order valence-corrected chi connectivity index (χ1v) is 5.99. The fourth-order valence-corrected chi connectivity index (χ4v) is 2.25. The molecule has 0 aliphatic heterocycles. The lowest BCUT2D eigenvalue weighted by atomic mass is 9.93. The van der Waals surface area contributed by atoms with E-state index in [0.29, 0.717) is 12.1 Å². The molecule has 1 saturated carbocycles. The molecule has 1 aliphatic rings. The summed E-state index contributed by atoms with van der Waals surface area (Å²) in [5.41, 5.74) is 0. The van der Waals surface area contributed by atoms with E-state index in [1.807, 2.05) is 7.11 Å². The Balaban J connectivity index is 1.60. The Labute approximate surface area is 96.0 Å². The molecule has 5 nitrogen and oxygen atoms in total. The summed E-state index contributed by atoms with van der Waals surface area (Å²) in [6, 6.07) is 0.648. The molecule has 1 heterocycles. The maximum absolute atomic E-state index is 5.35. The van der Waals surface area contributed by atoms with Crippen LogP contribution in [0.25, 0.3) is 0 Å². The molecule has 0 amide bonds. The number of nitrogens with one attached hydrogen (secondary N) is 2. The monoisotopic (exact) mass is 224 g/mol. The predicted octanol–water partition coefficient (Wildman–Crippen LogP) is 0.894. The largest absolute Gasteiger partial charge is 0.381 e. The standard InChI is InChI=1S/C11H20N4O/c1-16-10-4-2-9(3-5-10)12-7-6-11-13-8-14-15-11/h8-10,12H,2-7H2,1H3,(H,13,14,15). The molecule has 0 unspecified atom stereocenters. The maximum Gasteiger partial charge on any atom is 0.137 e. The number of nitrogens with zero attached hydrogens (tertiary/aromatic N) is 2. The molecule has 1 aromatic rings. The van der Waals surface area contributed by atoms with Crippen molar-refractivity contribution in [1.29, 1.82) is 0 Å². The first-order chi connectivity index (χ1) is 7.88. The third-order valence-corrected chi connectivity index (χ3v) is 3.27. The van der Waals surface area contributed by atoms with E-state index in [-0.39, 0.29) is 0 Å². The SMILES string of the molecule is COC1CCC(NCCc2ncn[nH]2)CC1. The summed E-state index contributed by atoms with van der Waals surface area (Å²) in [6.07, 6.45) is 7.74. The lowest BCUT2D eigenvalue weighted by molar-refractivity contribution is 0.0626. The molecule has 16 heavy (non-hydrogen) atoms. The predicted molar refractivity (Wildman–Crippen MR) is 61.1 cm³/mol.